The molecule has 0 saturated heterocycles. The summed E-state index contributed by atoms with van der Waals surface area (Å²) in [6.07, 6.45) is -5.73. The van der Waals surface area contributed by atoms with Gasteiger partial charge in [0.1, 0.15) is 18.3 Å². The Morgan fingerprint density at radius 3 is 2.08 bits per heavy atom. The van der Waals surface area contributed by atoms with Crippen molar-refractivity contribution in [2.75, 3.05) is 12.5 Å². The van der Waals surface area contributed by atoms with E-state index in [2.05, 4.69) is 29.7 Å². The predicted molar refractivity (Wildman–Crippen MR) is 116 cm³/mol. The van der Waals surface area contributed by atoms with Gasteiger partial charge in [-0.3, -0.25) is 9.59 Å². The zero-order valence-electron chi connectivity index (χ0n) is 19.1. The van der Waals surface area contributed by atoms with Crippen LogP contribution in [0.3, 0.4) is 0 Å². The highest BCUT2D eigenvalue weighted by molar-refractivity contribution is 7.92. The summed E-state index contributed by atoms with van der Waals surface area (Å²) in [4.78, 5) is 36.5. The van der Waals surface area contributed by atoms with Gasteiger partial charge in [-0.1, -0.05) is 0 Å². The Bertz CT molecular complexity index is 1440. The number of nitrogens with zero attached hydrogens (tertiary/aromatic N) is 6. The minimum atomic E-state index is -5.13. The van der Waals surface area contributed by atoms with E-state index in [1.54, 1.807) is 0 Å². The second-order valence-electron chi connectivity index (χ2n) is 7.86. The van der Waals surface area contributed by atoms with Crippen molar-refractivity contribution in [2.45, 2.75) is 25.3 Å². The monoisotopic (exact) mass is 549 g/mol. The molecule has 1 atom stereocenters. The van der Waals surface area contributed by atoms with Crippen molar-refractivity contribution in [3.63, 3.8) is 0 Å². The van der Waals surface area contributed by atoms with Gasteiger partial charge >= 0.3 is 18.3 Å². The molecule has 3 aromatic rings. The number of halogens is 6. The lowest BCUT2D eigenvalue weighted by Crippen LogP contribution is -2.29. The van der Waals surface area contributed by atoms with E-state index in [9.17, 15) is 40.1 Å². The van der Waals surface area contributed by atoms with Crippen molar-refractivity contribution in [2.24, 2.45) is 4.36 Å². The highest BCUT2D eigenvalue weighted by Crippen LogP contribution is 2.36. The van der Waals surface area contributed by atoms with Crippen LogP contribution >= 0.6 is 0 Å². The van der Waals surface area contributed by atoms with Gasteiger partial charge in [-0.25, -0.2) is 19.2 Å². The van der Waals surface area contributed by atoms with Gasteiger partial charge < -0.3 is 5.32 Å². The SMILES string of the molecule is C[C@H](NC(=O)c1cc(C(F)(F)F)cc(C(F)(F)F)c1)c1ncnn1-c1cc(C(=O)N=S(C)(C)=O)ncn1. The summed E-state index contributed by atoms with van der Waals surface area (Å²) >= 11 is 0. The molecule has 17 heteroatoms. The zero-order valence-corrected chi connectivity index (χ0v) is 19.9. The topological polar surface area (TPSA) is 132 Å². The fourth-order valence-electron chi connectivity index (χ4n) is 2.98. The molecule has 0 spiro atoms. The van der Waals surface area contributed by atoms with Crippen LogP contribution in [0.15, 0.2) is 41.3 Å². The summed E-state index contributed by atoms with van der Waals surface area (Å²) in [6.45, 7) is 1.35. The maximum Gasteiger partial charge on any atom is 0.416 e. The standard InChI is InChI=1S/C20H17F6N7O3S/c1-10(31-17(34)11-4-12(19(21,22)23)6-13(5-11)20(24,25)26)16-29-9-30-33(16)15-7-14(27-8-28-15)18(35)32-37(2,3)36/h4-10H,1-3H3,(H,31,34)/t10-/m0/s1. The van der Waals surface area contributed by atoms with Crippen molar-refractivity contribution < 1.29 is 40.1 Å². The molecule has 10 nitrogen and oxygen atoms in total. The number of aromatic nitrogens is 5. The minimum absolute atomic E-state index is 0.0276. The van der Waals surface area contributed by atoms with E-state index < -0.39 is 56.6 Å². The molecule has 1 N–H and O–H groups in total. The van der Waals surface area contributed by atoms with Crippen LogP contribution in [-0.4, -0.2) is 53.3 Å². The van der Waals surface area contributed by atoms with E-state index in [0.717, 1.165) is 23.4 Å². The molecule has 37 heavy (non-hydrogen) atoms. The lowest BCUT2D eigenvalue weighted by atomic mass is 10.0. The van der Waals surface area contributed by atoms with Crippen LogP contribution in [0.5, 0.6) is 0 Å². The number of hydrogen-bond donors (Lipinski definition) is 1. The smallest absolute Gasteiger partial charge is 0.342 e. The van der Waals surface area contributed by atoms with Crippen molar-refractivity contribution in [3.8, 4) is 5.82 Å². The number of nitrogens with one attached hydrogen (secondary N) is 1. The van der Waals surface area contributed by atoms with Crippen LogP contribution < -0.4 is 5.32 Å². The van der Waals surface area contributed by atoms with E-state index in [0.29, 0.717) is 12.1 Å². The van der Waals surface area contributed by atoms with E-state index in [1.807, 2.05) is 0 Å². The quantitative estimate of drug-likeness (QED) is 0.482. The third-order valence-electron chi connectivity index (χ3n) is 4.55. The van der Waals surface area contributed by atoms with E-state index in [4.69, 9.17) is 0 Å². The van der Waals surface area contributed by atoms with E-state index in [-0.39, 0.29) is 23.4 Å². The number of rotatable bonds is 5. The van der Waals surface area contributed by atoms with Gasteiger partial charge in [0.2, 0.25) is 0 Å². The van der Waals surface area contributed by atoms with Crippen molar-refractivity contribution in [1.82, 2.24) is 30.0 Å². The largest absolute Gasteiger partial charge is 0.416 e. The Morgan fingerprint density at radius 2 is 1.54 bits per heavy atom. The summed E-state index contributed by atoms with van der Waals surface area (Å²) in [5.74, 6) is -2.19. The van der Waals surface area contributed by atoms with Gasteiger partial charge in [-0.2, -0.15) is 40.5 Å². The van der Waals surface area contributed by atoms with Crippen molar-refractivity contribution in [3.05, 3.63) is 65.1 Å². The summed E-state index contributed by atoms with van der Waals surface area (Å²) in [5.41, 5.74) is -4.40. The second kappa shape index (κ2) is 9.87. The first-order valence-electron chi connectivity index (χ1n) is 10.00. The van der Waals surface area contributed by atoms with E-state index in [1.165, 1.54) is 19.4 Å². The first-order valence-corrected chi connectivity index (χ1v) is 12.3. The third kappa shape index (κ3) is 6.87. The third-order valence-corrected chi connectivity index (χ3v) is 5.16. The molecule has 0 saturated carbocycles. The fraction of sp³-hybridized carbons (Fsp3) is 0.300. The molecule has 0 fully saturated rings. The molecular formula is C20H17F6N7O3S. The molecule has 1 aromatic carbocycles. The molecule has 2 aromatic heterocycles. The number of carbonyl (C=O) groups is 2. The molecule has 2 amide bonds. The Hall–Kier alpha value is -3.89. The molecule has 198 valence electrons. The average molecular weight is 549 g/mol. The summed E-state index contributed by atoms with van der Waals surface area (Å²) < 4.78 is 95.1. The number of benzene rings is 1. The van der Waals surface area contributed by atoms with Gasteiger partial charge in [0.25, 0.3) is 5.91 Å². The molecule has 0 unspecified atom stereocenters. The molecule has 0 aliphatic heterocycles. The molecular weight excluding hydrogens is 532 g/mol. The summed E-state index contributed by atoms with van der Waals surface area (Å²) in [7, 11) is -2.78. The lowest BCUT2D eigenvalue weighted by molar-refractivity contribution is -0.143. The highest BCUT2D eigenvalue weighted by atomic mass is 32.2. The molecule has 0 aliphatic rings. The maximum atomic E-state index is 13.1. The average Bonchev–Trinajstić information content (AvgIpc) is 3.27. The Balaban J connectivity index is 1.92. The van der Waals surface area contributed by atoms with Crippen molar-refractivity contribution in [1.29, 1.82) is 0 Å². The van der Waals surface area contributed by atoms with Crippen LogP contribution in [0.4, 0.5) is 26.3 Å². The lowest BCUT2D eigenvalue weighted by Gasteiger charge is -2.17. The van der Waals surface area contributed by atoms with Gasteiger partial charge in [0, 0.05) is 33.9 Å². The van der Waals surface area contributed by atoms with Crippen LogP contribution in [0.25, 0.3) is 5.82 Å². The fourth-order valence-corrected chi connectivity index (χ4v) is 3.47. The van der Waals surface area contributed by atoms with Crippen LogP contribution in [-0.2, 0) is 22.1 Å². The van der Waals surface area contributed by atoms with Gasteiger partial charge in [0.15, 0.2) is 11.6 Å². The Kier molecular flexibility index (Phi) is 7.39. The molecule has 0 bridgehead atoms. The molecule has 3 rings (SSSR count). The number of amides is 2. The normalized spacial score (nSPS) is 13.2. The Labute approximate surface area is 205 Å². The van der Waals surface area contributed by atoms with Gasteiger partial charge in [-0.15, -0.1) is 0 Å². The van der Waals surface area contributed by atoms with Crippen LogP contribution in [0, 0.1) is 0 Å². The zero-order chi connectivity index (χ0) is 27.8. The second-order valence-corrected chi connectivity index (χ2v) is 10.4. The number of carbonyl (C=O) groups excluding carboxylic acids is 2. The predicted octanol–water partition coefficient (Wildman–Crippen LogP) is 3.45. The van der Waals surface area contributed by atoms with Crippen LogP contribution in [0.1, 0.15) is 50.8 Å². The first kappa shape index (κ1) is 27.7. The molecule has 0 aliphatic carbocycles. The number of alkyl halides is 6. The number of hydrogen-bond acceptors (Lipinski definition) is 7. The minimum Gasteiger partial charge on any atom is -0.342 e. The maximum absolute atomic E-state index is 13.1. The Morgan fingerprint density at radius 1 is 0.946 bits per heavy atom. The van der Waals surface area contributed by atoms with E-state index >= 15 is 0 Å². The van der Waals surface area contributed by atoms with Gasteiger partial charge in [-0.05, 0) is 25.1 Å². The summed E-state index contributed by atoms with van der Waals surface area (Å²) in [6, 6.07) is 0.557. The van der Waals surface area contributed by atoms with Gasteiger partial charge in [0.05, 0.1) is 17.2 Å². The molecule has 2 heterocycles. The summed E-state index contributed by atoms with van der Waals surface area (Å²) in [5, 5.41) is 6.19. The first-order chi connectivity index (χ1) is 17.0. The van der Waals surface area contributed by atoms with Crippen molar-refractivity contribution >= 4 is 21.5 Å². The molecule has 0 radical (unpaired) electrons. The highest BCUT2D eigenvalue weighted by Gasteiger charge is 2.37. The van der Waals surface area contributed by atoms with Crippen LogP contribution in [0.2, 0.25) is 0 Å².